The lowest BCUT2D eigenvalue weighted by atomic mass is 9.92. The van der Waals surface area contributed by atoms with Gasteiger partial charge in [-0.3, -0.25) is 5.21 Å². The topological polar surface area (TPSA) is 53.0 Å². The Morgan fingerprint density at radius 1 is 1.04 bits per heavy atom. The number of hydrazine groups is 2. The number of anilines is 2. The quantitative estimate of drug-likeness (QED) is 0.844. The summed E-state index contributed by atoms with van der Waals surface area (Å²) in [5.74, 6) is -0.610. The van der Waals surface area contributed by atoms with Gasteiger partial charge in [0.15, 0.2) is 0 Å². The van der Waals surface area contributed by atoms with Crippen molar-refractivity contribution in [2.45, 2.75) is 19.5 Å². The van der Waals surface area contributed by atoms with Crippen molar-refractivity contribution in [1.29, 1.82) is 0 Å². The average molecular weight is 362 g/mol. The summed E-state index contributed by atoms with van der Waals surface area (Å²) in [5, 5.41) is 26.5. The molecule has 2 aliphatic heterocycles. The van der Waals surface area contributed by atoms with E-state index in [1.165, 1.54) is 17.1 Å². The van der Waals surface area contributed by atoms with Crippen molar-refractivity contribution in [1.82, 2.24) is 5.28 Å². The number of para-hydroxylation sites is 1. The van der Waals surface area contributed by atoms with E-state index < -0.39 is 17.6 Å². The van der Waals surface area contributed by atoms with Crippen LogP contribution < -0.4 is 15.1 Å². The Balaban J connectivity index is 1.77. The van der Waals surface area contributed by atoms with Gasteiger partial charge in [0.2, 0.25) is 0 Å². The Morgan fingerprint density at radius 3 is 2.35 bits per heavy atom. The molecule has 0 aromatic heterocycles. The maximum absolute atomic E-state index is 12.9. The lowest BCUT2D eigenvalue weighted by molar-refractivity contribution is -0.314. The zero-order valence-electron chi connectivity index (χ0n) is 13.7. The Labute approximate surface area is 147 Å². The molecule has 4 rings (SSSR count). The van der Waals surface area contributed by atoms with Crippen LogP contribution in [0.4, 0.5) is 24.5 Å². The molecule has 0 radical (unpaired) electrons. The van der Waals surface area contributed by atoms with Gasteiger partial charge in [-0.15, -0.1) is 0 Å². The number of fused-ring (bicyclic) bond motifs is 3. The van der Waals surface area contributed by atoms with Crippen LogP contribution in [-0.4, -0.2) is 10.5 Å². The van der Waals surface area contributed by atoms with Crippen LogP contribution in [0.3, 0.4) is 0 Å². The predicted molar refractivity (Wildman–Crippen MR) is 86.4 cm³/mol. The van der Waals surface area contributed by atoms with Gasteiger partial charge >= 0.3 is 6.18 Å². The van der Waals surface area contributed by atoms with Crippen LogP contribution >= 0.6 is 0 Å². The van der Waals surface area contributed by atoms with Crippen LogP contribution in [0.2, 0.25) is 0 Å². The van der Waals surface area contributed by atoms with Crippen molar-refractivity contribution in [2.75, 3.05) is 10.0 Å². The number of nitrogens with zero attached hydrogens (tertiary/aromatic N) is 3. The Morgan fingerprint density at radius 2 is 1.69 bits per heavy atom. The Hall–Kier alpha value is -2.71. The highest BCUT2D eigenvalue weighted by Gasteiger charge is 2.40. The number of allylic oxidation sites excluding steroid dienone is 1. The Kier molecular flexibility index (Phi) is 3.64. The van der Waals surface area contributed by atoms with E-state index in [9.17, 15) is 23.5 Å². The third-order valence-corrected chi connectivity index (χ3v) is 4.65. The van der Waals surface area contributed by atoms with E-state index in [1.807, 2.05) is 19.1 Å². The first-order valence-electron chi connectivity index (χ1n) is 8.04. The largest absolute Gasteiger partial charge is 0.858 e. The van der Waals surface area contributed by atoms with Crippen LogP contribution in [-0.2, 0) is 12.6 Å². The molecule has 0 aliphatic carbocycles. The monoisotopic (exact) mass is 362 g/mol. The van der Waals surface area contributed by atoms with Crippen molar-refractivity contribution >= 4 is 11.4 Å². The summed E-state index contributed by atoms with van der Waals surface area (Å²) in [4.78, 5) is 0. The third kappa shape index (κ3) is 2.41. The summed E-state index contributed by atoms with van der Waals surface area (Å²) in [5.41, 5.74) is 1.36. The molecular weight excluding hydrogens is 347 g/mol. The highest BCUT2D eigenvalue weighted by molar-refractivity contribution is 5.66. The van der Waals surface area contributed by atoms with Gasteiger partial charge in [0.25, 0.3) is 0 Å². The normalized spacial score (nSPS) is 20.4. The third-order valence-electron chi connectivity index (χ3n) is 4.65. The highest BCUT2D eigenvalue weighted by atomic mass is 19.4. The van der Waals surface area contributed by atoms with Crippen molar-refractivity contribution in [3.63, 3.8) is 0 Å². The molecule has 0 saturated heterocycles. The second kappa shape index (κ2) is 5.65. The molecule has 26 heavy (non-hydrogen) atoms. The van der Waals surface area contributed by atoms with Gasteiger partial charge in [-0.2, -0.15) is 13.2 Å². The van der Waals surface area contributed by atoms with Crippen LogP contribution in [0.5, 0.6) is 0 Å². The second-order valence-electron chi connectivity index (χ2n) is 6.36. The minimum absolute atomic E-state index is 0.147. The molecule has 0 spiro atoms. The van der Waals surface area contributed by atoms with E-state index in [4.69, 9.17) is 0 Å². The minimum Gasteiger partial charge on any atom is -0.858 e. The fourth-order valence-corrected chi connectivity index (χ4v) is 3.44. The molecule has 1 atom stereocenters. The van der Waals surface area contributed by atoms with Gasteiger partial charge < -0.3 is 5.11 Å². The van der Waals surface area contributed by atoms with E-state index in [2.05, 4.69) is 0 Å². The molecule has 1 unspecified atom stereocenters. The number of halogens is 3. The molecule has 2 aliphatic rings. The van der Waals surface area contributed by atoms with Crippen molar-refractivity contribution in [2.24, 2.45) is 5.92 Å². The maximum atomic E-state index is 12.9. The average Bonchev–Trinajstić information content (AvgIpc) is 2.86. The molecule has 2 aromatic carbocycles. The number of rotatable bonds is 1. The van der Waals surface area contributed by atoms with Crippen LogP contribution in [0.1, 0.15) is 18.1 Å². The van der Waals surface area contributed by atoms with E-state index >= 15 is 0 Å². The van der Waals surface area contributed by atoms with E-state index in [1.54, 1.807) is 12.1 Å². The van der Waals surface area contributed by atoms with E-state index in [0.29, 0.717) is 23.1 Å². The second-order valence-corrected chi connectivity index (χ2v) is 6.36. The summed E-state index contributed by atoms with van der Waals surface area (Å²) in [6, 6.07) is 11.5. The maximum Gasteiger partial charge on any atom is 0.416 e. The predicted octanol–water partition coefficient (Wildman–Crippen LogP) is 3.27. The molecule has 0 bridgehead atoms. The SMILES string of the molecule is CC1Cc2ccccc2N2C1=C([O-])N(c1ccc(C(F)(F)F)cc1)N2O. The Bertz CT molecular complexity index is 880. The van der Waals surface area contributed by atoms with Crippen molar-refractivity contribution < 1.29 is 23.5 Å². The number of alkyl halides is 3. The van der Waals surface area contributed by atoms with E-state index in [-0.39, 0.29) is 11.6 Å². The molecule has 0 saturated carbocycles. The molecule has 2 heterocycles. The first-order chi connectivity index (χ1) is 12.3. The van der Waals surface area contributed by atoms with Gasteiger partial charge in [0, 0.05) is 17.1 Å². The fourth-order valence-electron chi connectivity index (χ4n) is 3.44. The van der Waals surface area contributed by atoms with Gasteiger partial charge in [0.05, 0.1) is 22.6 Å². The van der Waals surface area contributed by atoms with Gasteiger partial charge in [-0.1, -0.05) is 25.1 Å². The molecule has 0 amide bonds. The molecule has 5 nitrogen and oxygen atoms in total. The van der Waals surface area contributed by atoms with Gasteiger partial charge in [-0.05, 0) is 42.3 Å². The summed E-state index contributed by atoms with van der Waals surface area (Å²) in [6.07, 6.45) is -3.82. The lowest BCUT2D eigenvalue weighted by Gasteiger charge is -2.37. The highest BCUT2D eigenvalue weighted by Crippen LogP contribution is 2.43. The number of benzene rings is 2. The standard InChI is InChI=1S/C18H16F3N3O2/c1-11-10-12-4-2-3-5-15(12)23-16(11)17(25)22(24(23)26)14-8-6-13(7-9-14)18(19,20)21/h2-9,11,25-26H,10H2,1H3/p-1. The summed E-state index contributed by atoms with van der Waals surface area (Å²) in [6.45, 7) is 1.88. The van der Waals surface area contributed by atoms with Crippen molar-refractivity contribution in [3.8, 4) is 0 Å². The zero-order chi connectivity index (χ0) is 18.6. The molecular formula is C18H15F3N3O2-. The van der Waals surface area contributed by atoms with Gasteiger partial charge in [-0.25, -0.2) is 10.0 Å². The number of hydrogen-bond donors (Lipinski definition) is 1. The molecule has 1 N–H and O–H groups in total. The lowest BCUT2D eigenvalue weighted by Crippen LogP contribution is -2.47. The molecule has 0 fully saturated rings. The van der Waals surface area contributed by atoms with Crippen molar-refractivity contribution in [3.05, 3.63) is 71.2 Å². The zero-order valence-corrected chi connectivity index (χ0v) is 13.7. The van der Waals surface area contributed by atoms with Gasteiger partial charge in [0.1, 0.15) is 0 Å². The molecule has 2 aromatic rings. The van der Waals surface area contributed by atoms with E-state index in [0.717, 1.165) is 22.7 Å². The summed E-state index contributed by atoms with van der Waals surface area (Å²) in [7, 11) is 0. The summed E-state index contributed by atoms with van der Waals surface area (Å²) >= 11 is 0. The van der Waals surface area contributed by atoms with Crippen LogP contribution in [0.25, 0.3) is 0 Å². The number of hydrogen-bond acceptors (Lipinski definition) is 5. The van der Waals surface area contributed by atoms with Crippen LogP contribution in [0.15, 0.2) is 60.1 Å². The first kappa shape index (κ1) is 16.7. The fraction of sp³-hybridized carbons (Fsp3) is 0.222. The smallest absolute Gasteiger partial charge is 0.416 e. The first-order valence-corrected chi connectivity index (χ1v) is 8.04. The summed E-state index contributed by atoms with van der Waals surface area (Å²) < 4.78 is 38.3. The molecule has 8 heteroatoms. The molecule has 136 valence electrons. The van der Waals surface area contributed by atoms with Crippen LogP contribution in [0, 0.1) is 5.92 Å². The minimum atomic E-state index is -4.47.